The number of rotatable bonds is 4. The molecule has 0 aliphatic carbocycles. The van der Waals surface area contributed by atoms with Gasteiger partial charge in [-0.2, -0.15) is 0 Å². The zero-order valence-electron chi connectivity index (χ0n) is 13.5. The van der Waals surface area contributed by atoms with E-state index in [-0.39, 0.29) is 23.8 Å². The zero-order chi connectivity index (χ0) is 17.0. The van der Waals surface area contributed by atoms with Gasteiger partial charge in [0.2, 0.25) is 5.91 Å². The SMILES string of the molecule is Cc1cccc(NC(=O)CN(C)C(=O)c2ccccc2O)c1C. The van der Waals surface area contributed by atoms with E-state index in [4.69, 9.17) is 0 Å². The molecular weight excluding hydrogens is 292 g/mol. The molecule has 0 radical (unpaired) electrons. The lowest BCUT2D eigenvalue weighted by Crippen LogP contribution is -2.35. The summed E-state index contributed by atoms with van der Waals surface area (Å²) in [5.74, 6) is -0.788. The number of aryl methyl sites for hydroxylation is 1. The van der Waals surface area contributed by atoms with Crippen molar-refractivity contribution in [3.63, 3.8) is 0 Å². The molecule has 0 heterocycles. The first kappa shape index (κ1) is 16.5. The molecule has 0 saturated carbocycles. The largest absolute Gasteiger partial charge is 0.507 e. The van der Waals surface area contributed by atoms with Gasteiger partial charge in [-0.05, 0) is 43.2 Å². The smallest absolute Gasteiger partial charge is 0.257 e. The van der Waals surface area contributed by atoms with Gasteiger partial charge in [-0.15, -0.1) is 0 Å². The first-order valence-corrected chi connectivity index (χ1v) is 7.29. The highest BCUT2D eigenvalue weighted by molar-refractivity contribution is 6.00. The molecular formula is C18H20N2O3. The Morgan fingerprint density at radius 3 is 2.48 bits per heavy atom. The first-order valence-electron chi connectivity index (χ1n) is 7.29. The number of phenolic OH excluding ortho intramolecular Hbond substituents is 1. The highest BCUT2D eigenvalue weighted by Crippen LogP contribution is 2.19. The minimum atomic E-state index is -0.404. The summed E-state index contributed by atoms with van der Waals surface area (Å²) in [6.07, 6.45) is 0. The summed E-state index contributed by atoms with van der Waals surface area (Å²) < 4.78 is 0. The van der Waals surface area contributed by atoms with Gasteiger partial charge in [0.1, 0.15) is 5.75 Å². The van der Waals surface area contributed by atoms with E-state index in [1.807, 2.05) is 32.0 Å². The predicted octanol–water partition coefficient (Wildman–Crippen LogP) is 2.72. The molecule has 5 nitrogen and oxygen atoms in total. The molecule has 2 N–H and O–H groups in total. The van der Waals surface area contributed by atoms with Crippen LogP contribution >= 0.6 is 0 Å². The minimum Gasteiger partial charge on any atom is -0.507 e. The molecule has 120 valence electrons. The molecule has 2 aromatic rings. The maximum atomic E-state index is 12.3. The maximum absolute atomic E-state index is 12.3. The van der Waals surface area contributed by atoms with Crippen LogP contribution < -0.4 is 5.32 Å². The second kappa shape index (κ2) is 6.96. The standard InChI is InChI=1S/C18H20N2O3/c1-12-7-6-9-15(13(12)2)19-17(22)11-20(3)18(23)14-8-4-5-10-16(14)21/h4-10,21H,11H2,1-3H3,(H,19,22). The highest BCUT2D eigenvalue weighted by Gasteiger charge is 2.18. The molecule has 0 aromatic heterocycles. The van der Waals surface area contributed by atoms with Crippen molar-refractivity contribution in [1.29, 1.82) is 0 Å². The average Bonchev–Trinajstić information content (AvgIpc) is 2.51. The number of hydrogen-bond acceptors (Lipinski definition) is 3. The van der Waals surface area contributed by atoms with Gasteiger partial charge in [0.25, 0.3) is 5.91 Å². The number of phenols is 1. The number of benzene rings is 2. The van der Waals surface area contributed by atoms with Crippen LogP contribution in [0.3, 0.4) is 0 Å². The van der Waals surface area contributed by atoms with Crippen molar-refractivity contribution in [2.24, 2.45) is 0 Å². The van der Waals surface area contributed by atoms with Crippen molar-refractivity contribution in [2.75, 3.05) is 18.9 Å². The fraction of sp³-hybridized carbons (Fsp3) is 0.222. The van der Waals surface area contributed by atoms with Crippen LogP contribution in [0.4, 0.5) is 5.69 Å². The summed E-state index contributed by atoms with van der Waals surface area (Å²) in [4.78, 5) is 25.7. The van der Waals surface area contributed by atoms with Crippen LogP contribution in [0.25, 0.3) is 0 Å². The Kier molecular flexibility index (Phi) is 5.01. The number of para-hydroxylation sites is 1. The third-order valence-corrected chi connectivity index (χ3v) is 3.74. The monoisotopic (exact) mass is 312 g/mol. The molecule has 0 saturated heterocycles. The Hall–Kier alpha value is -2.82. The zero-order valence-corrected chi connectivity index (χ0v) is 13.5. The number of carbonyl (C=O) groups excluding carboxylic acids is 2. The fourth-order valence-electron chi connectivity index (χ4n) is 2.22. The molecule has 0 fully saturated rings. The summed E-state index contributed by atoms with van der Waals surface area (Å²) in [5, 5.41) is 12.5. The Balaban J connectivity index is 2.04. The van der Waals surface area contributed by atoms with E-state index < -0.39 is 5.91 Å². The molecule has 2 amide bonds. The normalized spacial score (nSPS) is 10.2. The second-order valence-corrected chi connectivity index (χ2v) is 5.47. The Labute approximate surface area is 135 Å². The maximum Gasteiger partial charge on any atom is 0.257 e. The third-order valence-electron chi connectivity index (χ3n) is 3.74. The summed E-state index contributed by atoms with van der Waals surface area (Å²) in [5.41, 5.74) is 2.99. The Bertz CT molecular complexity index is 741. The van der Waals surface area contributed by atoms with Gasteiger partial charge in [0.15, 0.2) is 0 Å². The van der Waals surface area contributed by atoms with Gasteiger partial charge in [-0.1, -0.05) is 24.3 Å². The number of carbonyl (C=O) groups is 2. The summed E-state index contributed by atoms with van der Waals surface area (Å²) in [6, 6.07) is 11.9. The molecule has 23 heavy (non-hydrogen) atoms. The van der Waals surface area contributed by atoms with Gasteiger partial charge in [-0.25, -0.2) is 0 Å². The van der Waals surface area contributed by atoms with E-state index in [9.17, 15) is 14.7 Å². The van der Waals surface area contributed by atoms with Crippen molar-refractivity contribution < 1.29 is 14.7 Å². The van der Waals surface area contributed by atoms with Crippen LogP contribution in [0.15, 0.2) is 42.5 Å². The number of aromatic hydroxyl groups is 1. The lowest BCUT2D eigenvalue weighted by molar-refractivity contribution is -0.116. The topological polar surface area (TPSA) is 69.6 Å². The van der Waals surface area contributed by atoms with Crippen LogP contribution in [-0.2, 0) is 4.79 Å². The van der Waals surface area contributed by atoms with Gasteiger partial charge >= 0.3 is 0 Å². The number of amides is 2. The van der Waals surface area contributed by atoms with E-state index in [0.717, 1.165) is 16.8 Å². The molecule has 0 spiro atoms. The quantitative estimate of drug-likeness (QED) is 0.912. The fourth-order valence-corrected chi connectivity index (χ4v) is 2.22. The predicted molar refractivity (Wildman–Crippen MR) is 89.6 cm³/mol. The van der Waals surface area contributed by atoms with E-state index in [1.165, 1.54) is 24.1 Å². The van der Waals surface area contributed by atoms with Crippen molar-refractivity contribution in [3.05, 3.63) is 59.2 Å². The molecule has 2 aromatic carbocycles. The van der Waals surface area contributed by atoms with Gasteiger partial charge in [0.05, 0.1) is 12.1 Å². The van der Waals surface area contributed by atoms with E-state index >= 15 is 0 Å². The summed E-state index contributed by atoms with van der Waals surface area (Å²) in [7, 11) is 1.53. The Morgan fingerprint density at radius 2 is 1.78 bits per heavy atom. The van der Waals surface area contributed by atoms with Crippen LogP contribution in [0.5, 0.6) is 5.75 Å². The van der Waals surface area contributed by atoms with E-state index in [1.54, 1.807) is 12.1 Å². The molecule has 0 aliphatic heterocycles. The van der Waals surface area contributed by atoms with Crippen molar-refractivity contribution in [2.45, 2.75) is 13.8 Å². The summed E-state index contributed by atoms with van der Waals surface area (Å²) >= 11 is 0. The Morgan fingerprint density at radius 1 is 1.09 bits per heavy atom. The molecule has 5 heteroatoms. The van der Waals surface area contributed by atoms with E-state index in [0.29, 0.717) is 0 Å². The number of hydrogen-bond donors (Lipinski definition) is 2. The van der Waals surface area contributed by atoms with Gasteiger partial charge < -0.3 is 15.3 Å². The van der Waals surface area contributed by atoms with Crippen molar-refractivity contribution >= 4 is 17.5 Å². The number of nitrogens with zero attached hydrogens (tertiary/aromatic N) is 1. The third kappa shape index (κ3) is 3.88. The second-order valence-electron chi connectivity index (χ2n) is 5.47. The average molecular weight is 312 g/mol. The molecule has 0 atom stereocenters. The highest BCUT2D eigenvalue weighted by atomic mass is 16.3. The number of anilines is 1. The summed E-state index contributed by atoms with van der Waals surface area (Å²) in [6.45, 7) is 3.81. The van der Waals surface area contributed by atoms with Crippen LogP contribution in [-0.4, -0.2) is 35.4 Å². The van der Waals surface area contributed by atoms with Crippen molar-refractivity contribution in [3.8, 4) is 5.75 Å². The molecule has 0 bridgehead atoms. The van der Waals surface area contributed by atoms with Crippen LogP contribution in [0, 0.1) is 13.8 Å². The number of nitrogens with one attached hydrogen (secondary N) is 1. The lowest BCUT2D eigenvalue weighted by Gasteiger charge is -2.18. The van der Waals surface area contributed by atoms with E-state index in [2.05, 4.69) is 5.32 Å². The molecule has 0 unspecified atom stereocenters. The lowest BCUT2D eigenvalue weighted by atomic mass is 10.1. The van der Waals surface area contributed by atoms with Crippen molar-refractivity contribution in [1.82, 2.24) is 4.90 Å². The minimum absolute atomic E-state index is 0.0967. The van der Waals surface area contributed by atoms with Crippen LogP contribution in [0.1, 0.15) is 21.5 Å². The van der Waals surface area contributed by atoms with Crippen LogP contribution in [0.2, 0.25) is 0 Å². The number of likely N-dealkylation sites (N-methyl/N-ethyl adjacent to an activating group) is 1. The first-order chi connectivity index (χ1) is 10.9. The molecule has 2 rings (SSSR count). The van der Waals surface area contributed by atoms with Gasteiger partial charge in [-0.3, -0.25) is 9.59 Å². The van der Waals surface area contributed by atoms with Gasteiger partial charge in [0, 0.05) is 12.7 Å². The molecule has 0 aliphatic rings.